The normalized spacial score (nSPS) is 21.6. The van der Waals surface area contributed by atoms with Crippen molar-refractivity contribution in [1.29, 1.82) is 0 Å². The van der Waals surface area contributed by atoms with Crippen LogP contribution in [0.15, 0.2) is 16.5 Å². The first-order valence-corrected chi connectivity index (χ1v) is 6.79. The maximum Gasteiger partial charge on any atom is 0.407 e. The molecule has 6 heteroatoms. The van der Waals surface area contributed by atoms with Gasteiger partial charge in [-0.3, -0.25) is 0 Å². The van der Waals surface area contributed by atoms with E-state index >= 15 is 0 Å². The quantitative estimate of drug-likeness (QED) is 0.762. The molecule has 0 aromatic carbocycles. The molecule has 2 rings (SSSR count). The lowest BCUT2D eigenvalue weighted by molar-refractivity contribution is 0.0522. The van der Waals surface area contributed by atoms with Gasteiger partial charge in [-0.1, -0.05) is 0 Å². The summed E-state index contributed by atoms with van der Waals surface area (Å²) in [6.07, 6.45) is 0.500. The largest absolute Gasteiger partial charge is 0.462 e. The first kappa shape index (κ1) is 14.9. The molecule has 1 aromatic rings. The van der Waals surface area contributed by atoms with Crippen LogP contribution >= 0.6 is 0 Å². The average Bonchev–Trinajstić information content (AvgIpc) is 2.88. The molecular formula is C14H22N2O4. The van der Waals surface area contributed by atoms with Crippen LogP contribution in [-0.4, -0.2) is 28.9 Å². The van der Waals surface area contributed by atoms with Crippen LogP contribution in [0.3, 0.4) is 0 Å². The van der Waals surface area contributed by atoms with Gasteiger partial charge in [0.05, 0.1) is 6.54 Å². The standard InChI is InChI=1S/C14H22N2O4/c1-14(2,3)20-13(18)16-12-6-11(12)15-7-9-4-5-10(8-17)19-9/h4-5,11-12,15,17H,6-8H2,1-3H3,(H,16,18). The molecule has 112 valence electrons. The van der Waals surface area contributed by atoms with Crippen molar-refractivity contribution in [3.05, 3.63) is 23.7 Å². The summed E-state index contributed by atoms with van der Waals surface area (Å²) in [5, 5.41) is 15.0. The third kappa shape index (κ3) is 4.54. The lowest BCUT2D eigenvalue weighted by atomic mass is 10.2. The summed E-state index contributed by atoms with van der Waals surface area (Å²) in [5.74, 6) is 1.33. The first-order valence-electron chi connectivity index (χ1n) is 6.79. The summed E-state index contributed by atoms with van der Waals surface area (Å²) in [7, 11) is 0. The second-order valence-electron chi connectivity index (χ2n) is 6.00. The Morgan fingerprint density at radius 3 is 2.70 bits per heavy atom. The molecule has 6 nitrogen and oxygen atoms in total. The van der Waals surface area contributed by atoms with E-state index in [1.807, 2.05) is 26.8 Å². The number of hydrogen-bond donors (Lipinski definition) is 3. The molecule has 1 aliphatic carbocycles. The van der Waals surface area contributed by atoms with Crippen LogP contribution < -0.4 is 10.6 Å². The predicted octanol–water partition coefficient (Wildman–Crippen LogP) is 1.53. The Morgan fingerprint density at radius 1 is 1.40 bits per heavy atom. The highest BCUT2D eigenvalue weighted by Crippen LogP contribution is 2.22. The second-order valence-corrected chi connectivity index (χ2v) is 6.00. The minimum Gasteiger partial charge on any atom is -0.462 e. The van der Waals surface area contributed by atoms with E-state index in [1.165, 1.54) is 0 Å². The Hall–Kier alpha value is -1.53. The zero-order valence-corrected chi connectivity index (χ0v) is 12.1. The van der Waals surface area contributed by atoms with Gasteiger partial charge >= 0.3 is 6.09 Å². The Kier molecular flexibility index (Phi) is 4.35. The smallest absolute Gasteiger partial charge is 0.407 e. The van der Waals surface area contributed by atoms with E-state index in [2.05, 4.69) is 10.6 Å². The molecule has 1 aromatic heterocycles. The summed E-state index contributed by atoms with van der Waals surface area (Å²) in [6, 6.07) is 3.93. The van der Waals surface area contributed by atoms with Gasteiger partial charge in [-0.25, -0.2) is 4.79 Å². The van der Waals surface area contributed by atoms with E-state index < -0.39 is 5.60 Å². The van der Waals surface area contributed by atoms with Crippen molar-refractivity contribution in [2.75, 3.05) is 0 Å². The van der Waals surface area contributed by atoms with Crippen LogP contribution in [0.1, 0.15) is 38.7 Å². The number of alkyl carbamates (subject to hydrolysis) is 1. The highest BCUT2D eigenvalue weighted by atomic mass is 16.6. The summed E-state index contributed by atoms with van der Waals surface area (Å²) in [5.41, 5.74) is -0.475. The summed E-state index contributed by atoms with van der Waals surface area (Å²) in [6.45, 7) is 6.00. The van der Waals surface area contributed by atoms with Gasteiger partial charge in [-0.05, 0) is 39.3 Å². The molecule has 3 N–H and O–H groups in total. The van der Waals surface area contributed by atoms with Crippen LogP contribution in [0.2, 0.25) is 0 Å². The molecular weight excluding hydrogens is 260 g/mol. The Balaban J connectivity index is 1.66. The van der Waals surface area contributed by atoms with E-state index in [0.717, 1.165) is 12.2 Å². The molecule has 0 bridgehead atoms. The molecule has 1 heterocycles. The fourth-order valence-electron chi connectivity index (χ4n) is 1.87. The number of ether oxygens (including phenoxy) is 1. The fourth-order valence-corrected chi connectivity index (χ4v) is 1.87. The number of carbonyl (C=O) groups excluding carboxylic acids is 1. The van der Waals surface area contributed by atoms with Crippen molar-refractivity contribution < 1.29 is 19.1 Å². The van der Waals surface area contributed by atoms with Crippen molar-refractivity contribution >= 4 is 6.09 Å². The molecule has 20 heavy (non-hydrogen) atoms. The van der Waals surface area contributed by atoms with Gasteiger partial charge in [-0.15, -0.1) is 0 Å². The van der Waals surface area contributed by atoms with Crippen LogP contribution in [0, 0.1) is 0 Å². The molecule has 2 unspecified atom stereocenters. The number of aliphatic hydroxyl groups excluding tert-OH is 1. The number of nitrogens with one attached hydrogen (secondary N) is 2. The molecule has 2 atom stereocenters. The number of rotatable bonds is 5. The van der Waals surface area contributed by atoms with Crippen LogP contribution in [-0.2, 0) is 17.9 Å². The van der Waals surface area contributed by atoms with Crippen LogP contribution in [0.5, 0.6) is 0 Å². The van der Waals surface area contributed by atoms with Crippen molar-refractivity contribution in [2.24, 2.45) is 0 Å². The van der Waals surface area contributed by atoms with E-state index in [-0.39, 0.29) is 24.8 Å². The van der Waals surface area contributed by atoms with Crippen molar-refractivity contribution in [3.63, 3.8) is 0 Å². The Morgan fingerprint density at radius 2 is 2.10 bits per heavy atom. The highest BCUT2D eigenvalue weighted by molar-refractivity contribution is 5.68. The van der Waals surface area contributed by atoms with Gasteiger partial charge in [0.1, 0.15) is 23.7 Å². The van der Waals surface area contributed by atoms with Gasteiger partial charge in [-0.2, -0.15) is 0 Å². The summed E-state index contributed by atoms with van der Waals surface area (Å²) >= 11 is 0. The Labute approximate surface area is 118 Å². The molecule has 0 aliphatic heterocycles. The third-order valence-corrected chi connectivity index (χ3v) is 2.90. The monoisotopic (exact) mass is 282 g/mol. The maximum atomic E-state index is 11.6. The predicted molar refractivity (Wildman–Crippen MR) is 73.0 cm³/mol. The lowest BCUT2D eigenvalue weighted by Gasteiger charge is -2.19. The van der Waals surface area contributed by atoms with Crippen LogP contribution in [0.25, 0.3) is 0 Å². The second kappa shape index (κ2) is 5.85. The van der Waals surface area contributed by atoms with Crippen molar-refractivity contribution in [3.8, 4) is 0 Å². The van der Waals surface area contributed by atoms with E-state index in [1.54, 1.807) is 6.07 Å². The summed E-state index contributed by atoms with van der Waals surface area (Å²) < 4.78 is 10.6. The third-order valence-electron chi connectivity index (χ3n) is 2.90. The van der Waals surface area contributed by atoms with Gasteiger partial charge in [0.25, 0.3) is 0 Å². The lowest BCUT2D eigenvalue weighted by Crippen LogP contribution is -2.36. The molecule has 1 aliphatic rings. The topological polar surface area (TPSA) is 83.7 Å². The van der Waals surface area contributed by atoms with Gasteiger partial charge < -0.3 is 24.9 Å². The van der Waals surface area contributed by atoms with E-state index in [0.29, 0.717) is 12.3 Å². The number of carbonyl (C=O) groups is 1. The molecule has 1 fully saturated rings. The fraction of sp³-hybridized carbons (Fsp3) is 0.643. The van der Waals surface area contributed by atoms with Gasteiger partial charge in [0.15, 0.2) is 0 Å². The molecule has 0 saturated heterocycles. The van der Waals surface area contributed by atoms with Crippen molar-refractivity contribution in [2.45, 2.75) is 58.0 Å². The van der Waals surface area contributed by atoms with Gasteiger partial charge in [0, 0.05) is 12.1 Å². The van der Waals surface area contributed by atoms with E-state index in [9.17, 15) is 4.79 Å². The maximum absolute atomic E-state index is 11.6. The van der Waals surface area contributed by atoms with Gasteiger partial charge in [0.2, 0.25) is 0 Å². The SMILES string of the molecule is CC(C)(C)OC(=O)NC1CC1NCc1ccc(CO)o1. The zero-order chi connectivity index (χ0) is 14.8. The zero-order valence-electron chi connectivity index (χ0n) is 12.1. The van der Waals surface area contributed by atoms with Crippen LogP contribution in [0.4, 0.5) is 4.79 Å². The van der Waals surface area contributed by atoms with Crippen molar-refractivity contribution in [1.82, 2.24) is 10.6 Å². The van der Waals surface area contributed by atoms with E-state index in [4.69, 9.17) is 14.3 Å². The molecule has 1 saturated carbocycles. The number of hydrogen-bond acceptors (Lipinski definition) is 5. The first-order chi connectivity index (χ1) is 9.37. The Bertz CT molecular complexity index is 464. The highest BCUT2D eigenvalue weighted by Gasteiger charge is 2.39. The minimum absolute atomic E-state index is 0.0910. The minimum atomic E-state index is -0.475. The number of amides is 1. The number of furan rings is 1. The summed E-state index contributed by atoms with van der Waals surface area (Å²) in [4.78, 5) is 11.6. The number of aliphatic hydroxyl groups is 1. The molecule has 1 amide bonds. The molecule has 0 spiro atoms. The average molecular weight is 282 g/mol. The molecule has 0 radical (unpaired) electrons.